The average molecular weight is 219 g/mol. The fourth-order valence-electron chi connectivity index (χ4n) is 1.78. The normalized spacial score (nSPS) is 21.6. The molecule has 1 fully saturated rings. The lowest BCUT2D eigenvalue weighted by Gasteiger charge is -2.08. The van der Waals surface area contributed by atoms with Crippen molar-refractivity contribution in [2.24, 2.45) is 5.41 Å². The Morgan fingerprint density at radius 3 is 2.62 bits per heavy atom. The van der Waals surface area contributed by atoms with E-state index in [-0.39, 0.29) is 23.1 Å². The van der Waals surface area contributed by atoms with Gasteiger partial charge in [0, 0.05) is 6.04 Å². The van der Waals surface area contributed by atoms with Crippen LogP contribution in [-0.4, -0.2) is 17.1 Å². The maximum Gasteiger partial charge on any atom is 0.255 e. The van der Waals surface area contributed by atoms with Gasteiger partial charge in [0.15, 0.2) is 0 Å². The number of benzene rings is 1. The van der Waals surface area contributed by atoms with Crippen molar-refractivity contribution in [1.29, 1.82) is 0 Å². The molecular formula is C13H17NO2. The highest BCUT2D eigenvalue weighted by molar-refractivity contribution is 5.97. The molecule has 1 atom stereocenters. The molecule has 1 saturated carbocycles. The Labute approximate surface area is 95.5 Å². The Balaban J connectivity index is 2.10. The van der Waals surface area contributed by atoms with Crippen LogP contribution in [0.15, 0.2) is 18.2 Å². The summed E-state index contributed by atoms with van der Waals surface area (Å²) >= 11 is 0. The monoisotopic (exact) mass is 219 g/mol. The molecular weight excluding hydrogens is 202 g/mol. The smallest absolute Gasteiger partial charge is 0.255 e. The number of phenols is 1. The zero-order valence-electron chi connectivity index (χ0n) is 9.87. The highest BCUT2D eigenvalue weighted by Crippen LogP contribution is 2.44. The van der Waals surface area contributed by atoms with Crippen molar-refractivity contribution in [2.75, 3.05) is 0 Å². The van der Waals surface area contributed by atoms with Crippen LogP contribution < -0.4 is 5.32 Å². The van der Waals surface area contributed by atoms with Gasteiger partial charge in [0.2, 0.25) is 0 Å². The lowest BCUT2D eigenvalue weighted by molar-refractivity contribution is 0.0943. The van der Waals surface area contributed by atoms with E-state index in [1.165, 1.54) is 0 Å². The largest absolute Gasteiger partial charge is 0.507 e. The summed E-state index contributed by atoms with van der Waals surface area (Å²) in [6.07, 6.45) is 1.01. The summed E-state index contributed by atoms with van der Waals surface area (Å²) in [4.78, 5) is 11.8. The number of amides is 1. The van der Waals surface area contributed by atoms with Gasteiger partial charge >= 0.3 is 0 Å². The molecule has 0 heterocycles. The van der Waals surface area contributed by atoms with Crippen LogP contribution in [0.25, 0.3) is 0 Å². The van der Waals surface area contributed by atoms with Crippen LogP contribution in [-0.2, 0) is 0 Å². The van der Waals surface area contributed by atoms with Gasteiger partial charge in [-0.1, -0.05) is 19.9 Å². The molecule has 0 aromatic heterocycles. The summed E-state index contributed by atoms with van der Waals surface area (Å²) in [5, 5.41) is 12.6. The minimum absolute atomic E-state index is 0.0518. The van der Waals surface area contributed by atoms with Crippen LogP contribution in [0.1, 0.15) is 36.2 Å². The fourth-order valence-corrected chi connectivity index (χ4v) is 1.78. The third-order valence-corrected chi connectivity index (χ3v) is 3.22. The molecule has 3 heteroatoms. The maximum atomic E-state index is 11.8. The summed E-state index contributed by atoms with van der Waals surface area (Å²) < 4.78 is 0. The first-order valence-corrected chi connectivity index (χ1v) is 5.50. The van der Waals surface area contributed by atoms with Crippen molar-refractivity contribution in [3.63, 3.8) is 0 Å². The van der Waals surface area contributed by atoms with Gasteiger partial charge in [-0.25, -0.2) is 0 Å². The van der Waals surface area contributed by atoms with E-state index in [1.54, 1.807) is 12.1 Å². The Morgan fingerprint density at radius 2 is 2.12 bits per heavy atom. The van der Waals surface area contributed by atoms with Gasteiger partial charge in [0.05, 0.1) is 5.56 Å². The zero-order valence-corrected chi connectivity index (χ0v) is 9.87. The molecule has 1 aromatic rings. The Kier molecular flexibility index (Phi) is 2.41. The Hall–Kier alpha value is -1.51. The molecule has 1 amide bonds. The molecule has 2 N–H and O–H groups in total. The van der Waals surface area contributed by atoms with E-state index in [9.17, 15) is 9.90 Å². The Bertz CT molecular complexity index is 438. The number of carbonyl (C=O) groups excluding carboxylic acids is 1. The molecule has 16 heavy (non-hydrogen) atoms. The van der Waals surface area contributed by atoms with E-state index in [0.717, 1.165) is 12.0 Å². The first-order chi connectivity index (χ1) is 7.40. The van der Waals surface area contributed by atoms with Crippen LogP contribution in [0.3, 0.4) is 0 Å². The highest BCUT2D eigenvalue weighted by Gasteiger charge is 2.46. The first-order valence-electron chi connectivity index (χ1n) is 5.50. The van der Waals surface area contributed by atoms with Gasteiger partial charge in [-0.05, 0) is 36.5 Å². The van der Waals surface area contributed by atoms with Crippen molar-refractivity contribution in [3.05, 3.63) is 29.3 Å². The lowest BCUT2D eigenvalue weighted by atomic mass is 10.1. The molecule has 0 radical (unpaired) electrons. The number of aromatic hydroxyl groups is 1. The molecule has 1 aliphatic rings. The number of rotatable bonds is 2. The molecule has 0 saturated heterocycles. The summed E-state index contributed by atoms with van der Waals surface area (Å²) in [6, 6.07) is 5.33. The van der Waals surface area contributed by atoms with Crippen molar-refractivity contribution in [3.8, 4) is 5.75 Å². The molecule has 1 aliphatic carbocycles. The molecule has 1 aromatic carbocycles. The first kappa shape index (κ1) is 11.0. The third kappa shape index (κ3) is 2.03. The lowest BCUT2D eigenvalue weighted by Crippen LogP contribution is -2.28. The molecule has 1 unspecified atom stereocenters. The van der Waals surface area contributed by atoms with Gasteiger partial charge in [-0.2, -0.15) is 0 Å². The summed E-state index contributed by atoms with van der Waals surface area (Å²) in [5.74, 6) is -0.135. The summed E-state index contributed by atoms with van der Waals surface area (Å²) in [7, 11) is 0. The van der Waals surface area contributed by atoms with Crippen LogP contribution in [0, 0.1) is 12.3 Å². The Morgan fingerprint density at radius 1 is 1.50 bits per heavy atom. The molecule has 86 valence electrons. The molecule has 2 rings (SSSR count). The minimum Gasteiger partial charge on any atom is -0.507 e. The topological polar surface area (TPSA) is 49.3 Å². The summed E-state index contributed by atoms with van der Waals surface area (Å²) in [5.41, 5.74) is 1.50. The van der Waals surface area contributed by atoms with Crippen molar-refractivity contribution in [1.82, 2.24) is 5.32 Å². The summed E-state index contributed by atoms with van der Waals surface area (Å²) in [6.45, 7) is 6.12. The minimum atomic E-state index is -0.187. The molecule has 0 spiro atoms. The van der Waals surface area contributed by atoms with E-state index < -0.39 is 0 Å². The number of hydrogen-bond donors (Lipinski definition) is 2. The number of hydrogen-bond acceptors (Lipinski definition) is 2. The number of phenolic OH excluding ortho intramolecular Hbond substituents is 1. The molecule has 3 nitrogen and oxygen atoms in total. The van der Waals surface area contributed by atoms with Gasteiger partial charge in [0.25, 0.3) is 5.91 Å². The predicted octanol–water partition coefficient (Wildman–Crippen LogP) is 2.23. The van der Waals surface area contributed by atoms with E-state index in [2.05, 4.69) is 19.2 Å². The van der Waals surface area contributed by atoms with E-state index in [0.29, 0.717) is 5.56 Å². The number of carbonyl (C=O) groups is 1. The van der Waals surface area contributed by atoms with Crippen molar-refractivity contribution in [2.45, 2.75) is 33.2 Å². The second kappa shape index (κ2) is 3.51. The van der Waals surface area contributed by atoms with Crippen molar-refractivity contribution < 1.29 is 9.90 Å². The zero-order chi connectivity index (χ0) is 11.9. The van der Waals surface area contributed by atoms with E-state index in [4.69, 9.17) is 0 Å². The van der Waals surface area contributed by atoms with Crippen LogP contribution in [0.4, 0.5) is 0 Å². The predicted molar refractivity (Wildman–Crippen MR) is 62.5 cm³/mol. The van der Waals surface area contributed by atoms with Gasteiger partial charge in [-0.3, -0.25) is 4.79 Å². The van der Waals surface area contributed by atoms with Crippen LogP contribution in [0.5, 0.6) is 5.75 Å². The second-order valence-electron chi connectivity index (χ2n) is 5.24. The average Bonchev–Trinajstić information content (AvgIpc) is 2.72. The van der Waals surface area contributed by atoms with E-state index in [1.807, 2.05) is 13.0 Å². The molecule has 0 aliphatic heterocycles. The van der Waals surface area contributed by atoms with Gasteiger partial charge in [-0.15, -0.1) is 0 Å². The van der Waals surface area contributed by atoms with E-state index >= 15 is 0 Å². The quantitative estimate of drug-likeness (QED) is 0.801. The van der Waals surface area contributed by atoms with Crippen molar-refractivity contribution >= 4 is 5.91 Å². The third-order valence-electron chi connectivity index (χ3n) is 3.22. The number of aryl methyl sites for hydroxylation is 1. The maximum absolute atomic E-state index is 11.8. The van der Waals surface area contributed by atoms with Crippen LogP contribution in [0.2, 0.25) is 0 Å². The van der Waals surface area contributed by atoms with Crippen LogP contribution >= 0.6 is 0 Å². The van der Waals surface area contributed by atoms with Gasteiger partial charge in [0.1, 0.15) is 5.75 Å². The number of nitrogens with one attached hydrogen (secondary N) is 1. The standard InChI is InChI=1S/C13H17NO2/c1-8-4-5-9(10(15)6-8)12(16)14-11-7-13(11,2)3/h4-6,11,15H,7H2,1-3H3,(H,14,16). The second-order valence-corrected chi connectivity index (χ2v) is 5.24. The highest BCUT2D eigenvalue weighted by atomic mass is 16.3. The molecule has 0 bridgehead atoms. The fraction of sp³-hybridized carbons (Fsp3) is 0.462. The SMILES string of the molecule is Cc1ccc(C(=O)NC2CC2(C)C)c(O)c1. The van der Waals surface area contributed by atoms with Gasteiger partial charge < -0.3 is 10.4 Å².